The van der Waals surface area contributed by atoms with E-state index in [-0.39, 0.29) is 18.5 Å². The van der Waals surface area contributed by atoms with Gasteiger partial charge in [-0.05, 0) is 37.9 Å². The van der Waals surface area contributed by atoms with Crippen molar-refractivity contribution < 1.29 is 14.0 Å². The Kier molecular flexibility index (Phi) is 3.98. The monoisotopic (exact) mass is 291 g/mol. The van der Waals surface area contributed by atoms with Gasteiger partial charge in [-0.1, -0.05) is 17.3 Å². The average Bonchev–Trinajstić information content (AvgIpc) is 3.11. The Morgan fingerprint density at radius 3 is 3.10 bits per heavy atom. The number of halogens is 1. The molecule has 0 bridgehead atoms. The Morgan fingerprint density at radius 2 is 2.33 bits per heavy atom. The molecule has 0 spiro atoms. The van der Waals surface area contributed by atoms with Crippen LogP contribution in [-0.2, 0) is 6.54 Å². The van der Waals surface area contributed by atoms with Crippen LogP contribution >= 0.6 is 0 Å². The maximum Gasteiger partial charge on any atom is 0.241 e. The van der Waals surface area contributed by atoms with Gasteiger partial charge in [-0.25, -0.2) is 4.39 Å². The molecular weight excluding hydrogens is 273 g/mol. The molecule has 1 aromatic heterocycles. The highest BCUT2D eigenvalue weighted by atomic mass is 19.1. The molecule has 21 heavy (non-hydrogen) atoms. The van der Waals surface area contributed by atoms with E-state index in [4.69, 9.17) is 4.52 Å². The molecular formula is C15H18FN3O2. The van der Waals surface area contributed by atoms with Gasteiger partial charge in [0.2, 0.25) is 11.7 Å². The van der Waals surface area contributed by atoms with Crippen LogP contribution in [0.3, 0.4) is 0 Å². The summed E-state index contributed by atoms with van der Waals surface area (Å²) in [4.78, 5) is 6.45. The molecule has 0 radical (unpaired) electrons. The highest BCUT2D eigenvalue weighted by Crippen LogP contribution is 2.22. The molecule has 0 aliphatic carbocycles. The Hall–Kier alpha value is -1.79. The van der Waals surface area contributed by atoms with Crippen molar-refractivity contribution in [3.63, 3.8) is 0 Å². The number of nitrogens with zero attached hydrogens (tertiary/aromatic N) is 3. The predicted molar refractivity (Wildman–Crippen MR) is 74.9 cm³/mol. The second kappa shape index (κ2) is 5.91. The number of aromatic nitrogens is 2. The molecule has 1 saturated heterocycles. The number of likely N-dealkylation sites (tertiary alicyclic amines) is 1. The molecule has 0 saturated carbocycles. The highest BCUT2D eigenvalue weighted by Gasteiger charge is 2.25. The van der Waals surface area contributed by atoms with Crippen LogP contribution in [-0.4, -0.2) is 39.3 Å². The molecule has 1 atom stereocenters. The normalized spacial score (nSPS) is 19.3. The van der Waals surface area contributed by atoms with Crippen LogP contribution in [0, 0.1) is 12.7 Å². The molecule has 6 heteroatoms. The summed E-state index contributed by atoms with van der Waals surface area (Å²) >= 11 is 0. The fraction of sp³-hybridized carbons (Fsp3) is 0.467. The topological polar surface area (TPSA) is 62.4 Å². The van der Waals surface area contributed by atoms with Crippen LogP contribution in [0.5, 0.6) is 0 Å². The summed E-state index contributed by atoms with van der Waals surface area (Å²) < 4.78 is 18.8. The number of hydrogen-bond donors (Lipinski definition) is 1. The Bertz CT molecular complexity index is 629. The molecule has 1 N–H and O–H groups in total. The fourth-order valence-corrected chi connectivity index (χ4v) is 2.65. The van der Waals surface area contributed by atoms with Gasteiger partial charge in [0.1, 0.15) is 5.82 Å². The lowest BCUT2D eigenvalue weighted by Crippen LogP contribution is -2.31. The smallest absolute Gasteiger partial charge is 0.241 e. The molecule has 1 fully saturated rings. The summed E-state index contributed by atoms with van der Waals surface area (Å²) in [5.74, 6) is 0.605. The van der Waals surface area contributed by atoms with Crippen LogP contribution in [0.1, 0.15) is 24.3 Å². The molecule has 2 heterocycles. The zero-order valence-electron chi connectivity index (χ0n) is 11.9. The van der Waals surface area contributed by atoms with Gasteiger partial charge in [-0.3, -0.25) is 4.90 Å². The molecule has 1 aromatic carbocycles. The zero-order valence-corrected chi connectivity index (χ0v) is 11.9. The van der Waals surface area contributed by atoms with Gasteiger partial charge in [0.05, 0.1) is 13.2 Å². The van der Waals surface area contributed by atoms with Crippen molar-refractivity contribution in [3.8, 4) is 11.4 Å². The van der Waals surface area contributed by atoms with E-state index >= 15 is 0 Å². The first-order valence-electron chi connectivity index (χ1n) is 7.11. The fourth-order valence-electron chi connectivity index (χ4n) is 2.65. The summed E-state index contributed by atoms with van der Waals surface area (Å²) in [7, 11) is 0. The number of aryl methyl sites for hydroxylation is 1. The summed E-state index contributed by atoms with van der Waals surface area (Å²) in [6.07, 6.45) is 2.05. The van der Waals surface area contributed by atoms with E-state index in [1.807, 2.05) is 0 Å². The molecule has 112 valence electrons. The largest absolute Gasteiger partial charge is 0.395 e. The molecule has 3 rings (SSSR count). The van der Waals surface area contributed by atoms with E-state index in [0.717, 1.165) is 19.4 Å². The van der Waals surface area contributed by atoms with Crippen molar-refractivity contribution in [1.82, 2.24) is 15.0 Å². The van der Waals surface area contributed by atoms with Crippen molar-refractivity contribution in [2.75, 3.05) is 13.2 Å². The Balaban J connectivity index is 1.75. The van der Waals surface area contributed by atoms with Gasteiger partial charge >= 0.3 is 0 Å². The van der Waals surface area contributed by atoms with Crippen LogP contribution < -0.4 is 0 Å². The maximum absolute atomic E-state index is 13.6. The number of aliphatic hydroxyl groups is 1. The molecule has 2 aromatic rings. The number of hydrogen-bond acceptors (Lipinski definition) is 5. The van der Waals surface area contributed by atoms with Gasteiger partial charge in [-0.2, -0.15) is 4.98 Å². The van der Waals surface area contributed by atoms with Crippen LogP contribution in [0.25, 0.3) is 11.4 Å². The lowest BCUT2D eigenvalue weighted by Gasteiger charge is -2.20. The third-order valence-corrected chi connectivity index (χ3v) is 3.95. The number of rotatable bonds is 4. The van der Waals surface area contributed by atoms with Gasteiger partial charge < -0.3 is 9.63 Å². The standard InChI is InChI=1S/C15H18FN3O2/c1-10-4-5-11(7-13(10)16)15-17-14(21-18-15)8-19-6-2-3-12(19)9-20/h4-5,7,12,20H,2-3,6,8-9H2,1H3/t12-/m1/s1. The average molecular weight is 291 g/mol. The van der Waals surface area contributed by atoms with E-state index in [9.17, 15) is 9.50 Å². The van der Waals surface area contributed by atoms with Crippen LogP contribution in [0.2, 0.25) is 0 Å². The van der Waals surface area contributed by atoms with Gasteiger partial charge in [0.25, 0.3) is 0 Å². The first-order chi connectivity index (χ1) is 10.2. The quantitative estimate of drug-likeness (QED) is 0.935. The third kappa shape index (κ3) is 2.96. The van der Waals surface area contributed by atoms with E-state index in [0.29, 0.717) is 29.4 Å². The van der Waals surface area contributed by atoms with Gasteiger partial charge in [-0.15, -0.1) is 0 Å². The molecule has 1 aliphatic heterocycles. The van der Waals surface area contributed by atoms with E-state index in [2.05, 4.69) is 15.0 Å². The van der Waals surface area contributed by atoms with E-state index in [1.54, 1.807) is 19.1 Å². The SMILES string of the molecule is Cc1ccc(-c2noc(CN3CCC[C@@H]3CO)n2)cc1F. The predicted octanol–water partition coefficient (Wildman–Crippen LogP) is 2.14. The van der Waals surface area contributed by atoms with Crippen molar-refractivity contribution in [3.05, 3.63) is 35.5 Å². The molecule has 0 amide bonds. The second-order valence-electron chi connectivity index (χ2n) is 5.42. The number of aliphatic hydroxyl groups excluding tert-OH is 1. The molecule has 1 aliphatic rings. The molecule has 0 unspecified atom stereocenters. The lowest BCUT2D eigenvalue weighted by atomic mass is 10.1. The van der Waals surface area contributed by atoms with Crippen molar-refractivity contribution in [1.29, 1.82) is 0 Å². The van der Waals surface area contributed by atoms with Gasteiger partial charge in [0.15, 0.2) is 0 Å². The highest BCUT2D eigenvalue weighted by molar-refractivity contribution is 5.54. The van der Waals surface area contributed by atoms with Crippen molar-refractivity contribution >= 4 is 0 Å². The summed E-state index contributed by atoms with van der Waals surface area (Å²) in [6, 6.07) is 5.05. The van der Waals surface area contributed by atoms with Crippen LogP contribution in [0.4, 0.5) is 4.39 Å². The van der Waals surface area contributed by atoms with E-state index < -0.39 is 0 Å². The minimum Gasteiger partial charge on any atom is -0.395 e. The first-order valence-corrected chi connectivity index (χ1v) is 7.11. The van der Waals surface area contributed by atoms with E-state index in [1.165, 1.54) is 6.07 Å². The minimum atomic E-state index is -0.279. The number of benzene rings is 1. The first kappa shape index (κ1) is 14.2. The van der Waals surface area contributed by atoms with Gasteiger partial charge in [0, 0.05) is 11.6 Å². The zero-order chi connectivity index (χ0) is 14.8. The Labute approximate surface area is 122 Å². The van der Waals surface area contributed by atoms with Crippen LogP contribution in [0.15, 0.2) is 22.7 Å². The van der Waals surface area contributed by atoms with Crippen molar-refractivity contribution in [2.24, 2.45) is 0 Å². The summed E-state index contributed by atoms with van der Waals surface area (Å²) in [6.45, 7) is 3.29. The maximum atomic E-state index is 13.6. The Morgan fingerprint density at radius 1 is 1.48 bits per heavy atom. The lowest BCUT2D eigenvalue weighted by molar-refractivity contribution is 0.141. The second-order valence-corrected chi connectivity index (χ2v) is 5.42. The molecule has 5 nitrogen and oxygen atoms in total. The minimum absolute atomic E-state index is 0.143. The third-order valence-electron chi connectivity index (χ3n) is 3.95. The summed E-state index contributed by atoms with van der Waals surface area (Å²) in [5.41, 5.74) is 1.19. The van der Waals surface area contributed by atoms with Crippen molar-refractivity contribution in [2.45, 2.75) is 32.4 Å². The summed E-state index contributed by atoms with van der Waals surface area (Å²) in [5, 5.41) is 13.2.